The standard InChI is InChI=1S/C21H32F2O5S2/c1-20-8-6-14-13-7-9-21(25,19(22)23)10-12(13)2-3-15(14)16(20)4-5-17(20)18(24)11-29-30(26,27)28/h12-17,19,25H,2-11H2,1H3,(H,26,27,28)/t12-,13-,14+,15+,16-,17+,20-,21-/m0/s1. The van der Waals surface area contributed by atoms with Gasteiger partial charge in [0, 0.05) is 16.7 Å². The Hall–Kier alpha value is -0.250. The molecule has 4 saturated carbocycles. The van der Waals surface area contributed by atoms with Crippen molar-refractivity contribution in [1.82, 2.24) is 0 Å². The molecule has 9 heteroatoms. The average molecular weight is 467 g/mol. The fourth-order valence-corrected chi connectivity index (χ4v) is 9.13. The van der Waals surface area contributed by atoms with Crippen LogP contribution in [0.5, 0.6) is 0 Å². The highest BCUT2D eigenvalue weighted by atomic mass is 33.1. The molecule has 5 nitrogen and oxygen atoms in total. The van der Waals surface area contributed by atoms with Gasteiger partial charge in [-0.25, -0.2) is 8.78 Å². The monoisotopic (exact) mass is 466 g/mol. The molecule has 0 saturated heterocycles. The number of alkyl halides is 2. The summed E-state index contributed by atoms with van der Waals surface area (Å²) in [7, 11) is -3.92. The average Bonchev–Trinajstić information content (AvgIpc) is 3.02. The predicted molar refractivity (Wildman–Crippen MR) is 111 cm³/mol. The molecule has 0 bridgehead atoms. The van der Waals surface area contributed by atoms with Crippen LogP contribution in [0.3, 0.4) is 0 Å². The lowest BCUT2D eigenvalue weighted by molar-refractivity contribution is -0.160. The van der Waals surface area contributed by atoms with Crippen molar-refractivity contribution >= 4 is 25.7 Å². The van der Waals surface area contributed by atoms with Crippen LogP contribution in [0.25, 0.3) is 0 Å². The van der Waals surface area contributed by atoms with Gasteiger partial charge in [0.25, 0.3) is 6.43 Å². The summed E-state index contributed by atoms with van der Waals surface area (Å²) in [5.41, 5.74) is -1.98. The van der Waals surface area contributed by atoms with Crippen LogP contribution in [0.15, 0.2) is 0 Å². The third-order valence-electron chi connectivity index (χ3n) is 9.19. The van der Waals surface area contributed by atoms with E-state index in [-0.39, 0.29) is 41.6 Å². The molecule has 0 aliphatic heterocycles. The van der Waals surface area contributed by atoms with Crippen molar-refractivity contribution in [3.63, 3.8) is 0 Å². The SMILES string of the molecule is C[C@]12CC[C@H]3[C@@H](CC[C@H]4C[C@](O)(C(F)F)CC[C@@H]43)[C@@H]1CC[C@@H]2C(=O)CSS(=O)(=O)O. The Morgan fingerprint density at radius 1 is 1.07 bits per heavy atom. The van der Waals surface area contributed by atoms with Crippen molar-refractivity contribution in [3.05, 3.63) is 0 Å². The largest absolute Gasteiger partial charge is 0.384 e. The number of hydrogen-bond acceptors (Lipinski definition) is 5. The number of carbonyl (C=O) groups excluding carboxylic acids is 1. The normalized spacial score (nSPS) is 46.2. The molecule has 8 atom stereocenters. The second-order valence-electron chi connectivity index (χ2n) is 10.4. The minimum Gasteiger partial charge on any atom is -0.384 e. The van der Waals surface area contributed by atoms with Crippen LogP contribution in [0.2, 0.25) is 0 Å². The second-order valence-corrected chi connectivity index (χ2v) is 13.8. The number of aliphatic hydroxyl groups is 1. The highest BCUT2D eigenvalue weighted by Crippen LogP contribution is 2.65. The lowest BCUT2D eigenvalue weighted by Crippen LogP contribution is -2.53. The van der Waals surface area contributed by atoms with Crippen LogP contribution >= 0.6 is 10.8 Å². The van der Waals surface area contributed by atoms with E-state index in [2.05, 4.69) is 6.92 Å². The van der Waals surface area contributed by atoms with Gasteiger partial charge in [0.05, 0.1) is 5.75 Å². The summed E-state index contributed by atoms with van der Waals surface area (Å²) in [4.78, 5) is 12.8. The summed E-state index contributed by atoms with van der Waals surface area (Å²) in [5.74, 6) is 1.43. The molecule has 0 aromatic rings. The molecule has 0 radical (unpaired) electrons. The van der Waals surface area contributed by atoms with E-state index in [1.165, 1.54) is 0 Å². The molecule has 0 heterocycles. The van der Waals surface area contributed by atoms with E-state index in [0.717, 1.165) is 38.5 Å². The van der Waals surface area contributed by atoms with E-state index in [4.69, 9.17) is 4.55 Å². The van der Waals surface area contributed by atoms with E-state index in [9.17, 15) is 27.1 Å². The van der Waals surface area contributed by atoms with Crippen LogP contribution in [-0.4, -0.2) is 41.6 Å². The maximum Gasteiger partial charge on any atom is 0.320 e. The van der Waals surface area contributed by atoms with E-state index in [1.54, 1.807) is 0 Å². The van der Waals surface area contributed by atoms with Crippen molar-refractivity contribution in [2.75, 3.05) is 5.75 Å². The van der Waals surface area contributed by atoms with Crippen molar-refractivity contribution in [3.8, 4) is 0 Å². The van der Waals surface area contributed by atoms with Crippen molar-refractivity contribution < 1.29 is 31.7 Å². The molecule has 4 rings (SSSR count). The molecule has 4 fully saturated rings. The molecule has 4 aliphatic rings. The Labute approximate surface area is 180 Å². The van der Waals surface area contributed by atoms with Gasteiger partial charge in [-0.1, -0.05) is 6.92 Å². The molecule has 0 amide bonds. The van der Waals surface area contributed by atoms with Crippen LogP contribution < -0.4 is 0 Å². The number of Topliss-reactive ketones (excluding diaryl/α,β-unsaturated/α-hetero) is 1. The third kappa shape index (κ3) is 3.97. The van der Waals surface area contributed by atoms with Gasteiger partial charge in [-0.2, -0.15) is 8.42 Å². The Morgan fingerprint density at radius 2 is 1.77 bits per heavy atom. The molecule has 0 aromatic carbocycles. The van der Waals surface area contributed by atoms with Crippen LogP contribution in [0.1, 0.15) is 64.7 Å². The summed E-state index contributed by atoms with van der Waals surface area (Å²) in [6, 6.07) is 0. The Morgan fingerprint density at radius 3 is 2.43 bits per heavy atom. The maximum absolute atomic E-state index is 13.3. The second kappa shape index (κ2) is 7.96. The zero-order valence-corrected chi connectivity index (χ0v) is 18.9. The lowest BCUT2D eigenvalue weighted by atomic mass is 9.49. The molecule has 4 aliphatic carbocycles. The quantitative estimate of drug-likeness (QED) is 0.462. The first kappa shape index (κ1) is 22.9. The first-order valence-corrected chi connectivity index (χ1v) is 14.0. The summed E-state index contributed by atoms with van der Waals surface area (Å²) in [6.45, 7) is 2.17. The summed E-state index contributed by atoms with van der Waals surface area (Å²) in [5, 5.41) is 10.3. The van der Waals surface area contributed by atoms with Crippen LogP contribution in [-0.2, 0) is 13.9 Å². The summed E-state index contributed by atoms with van der Waals surface area (Å²) < 4.78 is 57.7. The van der Waals surface area contributed by atoms with Gasteiger partial charge in [-0.05, 0) is 92.8 Å². The smallest absolute Gasteiger partial charge is 0.320 e. The topological polar surface area (TPSA) is 91.7 Å². The third-order valence-corrected chi connectivity index (χ3v) is 11.1. The Kier molecular flexibility index (Phi) is 6.08. The number of fused-ring (bicyclic) bond motifs is 5. The number of carbonyl (C=O) groups is 1. The minimum atomic E-state index is -4.22. The number of halogens is 2. The predicted octanol–water partition coefficient (Wildman–Crippen LogP) is 4.36. The fourth-order valence-electron chi connectivity index (χ4n) is 7.87. The number of ketones is 1. The summed E-state index contributed by atoms with van der Waals surface area (Å²) >= 11 is 0. The van der Waals surface area contributed by atoms with Crippen LogP contribution in [0, 0.1) is 40.9 Å². The van der Waals surface area contributed by atoms with Gasteiger partial charge in [0.1, 0.15) is 11.4 Å². The maximum atomic E-state index is 13.3. The van der Waals surface area contributed by atoms with Gasteiger partial charge in [-0.3, -0.25) is 9.35 Å². The van der Waals surface area contributed by atoms with E-state index in [0.29, 0.717) is 40.9 Å². The molecular formula is C21H32F2O5S2. The molecule has 172 valence electrons. The van der Waals surface area contributed by atoms with Crippen molar-refractivity contribution in [2.45, 2.75) is 76.7 Å². The molecule has 0 unspecified atom stereocenters. The van der Waals surface area contributed by atoms with Gasteiger partial charge in [-0.15, -0.1) is 0 Å². The molecule has 30 heavy (non-hydrogen) atoms. The van der Waals surface area contributed by atoms with Gasteiger partial charge >= 0.3 is 9.15 Å². The Bertz CT molecular complexity index is 790. The zero-order valence-electron chi connectivity index (χ0n) is 17.3. The Balaban J connectivity index is 1.46. The highest BCUT2D eigenvalue weighted by molar-refractivity contribution is 8.70. The van der Waals surface area contributed by atoms with Crippen molar-refractivity contribution in [2.24, 2.45) is 40.9 Å². The lowest BCUT2D eigenvalue weighted by Gasteiger charge is -2.57. The molecule has 0 spiro atoms. The van der Waals surface area contributed by atoms with Gasteiger partial charge in [0.2, 0.25) is 0 Å². The van der Waals surface area contributed by atoms with Crippen molar-refractivity contribution in [1.29, 1.82) is 0 Å². The summed E-state index contributed by atoms with van der Waals surface area (Å²) in [6.07, 6.45) is 3.75. The van der Waals surface area contributed by atoms with Crippen LogP contribution in [0.4, 0.5) is 8.78 Å². The van der Waals surface area contributed by atoms with E-state index < -0.39 is 21.2 Å². The van der Waals surface area contributed by atoms with E-state index >= 15 is 0 Å². The number of hydrogen-bond donors (Lipinski definition) is 2. The van der Waals surface area contributed by atoms with Gasteiger partial charge in [0.15, 0.2) is 0 Å². The number of rotatable bonds is 5. The molecule has 2 N–H and O–H groups in total. The zero-order chi connectivity index (χ0) is 21.9. The molecular weight excluding hydrogens is 434 g/mol. The first-order chi connectivity index (χ1) is 13.9. The van der Waals surface area contributed by atoms with Gasteiger partial charge < -0.3 is 5.11 Å². The fraction of sp³-hybridized carbons (Fsp3) is 0.952. The minimum absolute atomic E-state index is 0.0885. The first-order valence-electron chi connectivity index (χ1n) is 11.1. The van der Waals surface area contributed by atoms with E-state index in [1.807, 2.05) is 0 Å². The molecule has 0 aromatic heterocycles. The highest BCUT2D eigenvalue weighted by Gasteiger charge is 2.59.